The lowest BCUT2D eigenvalue weighted by molar-refractivity contribution is -0.137. The Labute approximate surface area is 463 Å². The van der Waals surface area contributed by atoms with E-state index in [1.54, 1.807) is 48.5 Å². The number of ether oxygens (including phenoxy) is 4. The van der Waals surface area contributed by atoms with Crippen molar-refractivity contribution >= 4 is 23.1 Å². The first kappa shape index (κ1) is 55.2. The monoisotopic (exact) mass is 1060 g/mol. The minimum atomic E-state index is -1.64. The zero-order chi connectivity index (χ0) is 56.9. The summed E-state index contributed by atoms with van der Waals surface area (Å²) >= 11 is 0. The van der Waals surface area contributed by atoms with E-state index in [-0.39, 0.29) is 11.1 Å². The summed E-state index contributed by atoms with van der Waals surface area (Å²) in [5, 5.41) is 40.3. The predicted octanol–water partition coefficient (Wildman–Crippen LogP) is 10.7. The van der Waals surface area contributed by atoms with Gasteiger partial charge in [0.2, 0.25) is 23.1 Å². The van der Waals surface area contributed by atoms with Crippen LogP contribution in [0.5, 0.6) is 23.0 Å². The summed E-state index contributed by atoms with van der Waals surface area (Å²) in [7, 11) is 0. The summed E-state index contributed by atoms with van der Waals surface area (Å²) in [5.74, 6) is -1.08. The average Bonchev–Trinajstić information content (AvgIpc) is 4.20. The van der Waals surface area contributed by atoms with Crippen LogP contribution >= 0.6 is 0 Å². The molecule has 8 aromatic rings. The van der Waals surface area contributed by atoms with E-state index in [4.69, 9.17) is 18.9 Å². The van der Waals surface area contributed by atoms with E-state index in [0.717, 1.165) is 78.9 Å². The molecule has 0 saturated carbocycles. The normalized spacial score (nSPS) is 14.3. The van der Waals surface area contributed by atoms with E-state index < -0.39 is 59.1 Å². The molecule has 80 heavy (non-hydrogen) atoms. The number of carbonyl (C=O) groups excluding carboxylic acids is 4. The molecule has 10 rings (SSSR count). The number of rotatable bonds is 20. The van der Waals surface area contributed by atoms with Crippen LogP contribution in [-0.4, -0.2) is 68.7 Å². The Kier molecular flexibility index (Phi) is 16.0. The third kappa shape index (κ3) is 10.2. The van der Waals surface area contributed by atoms with Gasteiger partial charge in [0.15, 0.2) is 0 Å². The Bertz CT molecular complexity index is 3450. The minimum absolute atomic E-state index is 0.205. The number of hydrogen-bond acceptors (Lipinski definition) is 12. The van der Waals surface area contributed by atoms with Crippen molar-refractivity contribution in [1.82, 2.24) is 0 Å². The second-order valence-corrected chi connectivity index (χ2v) is 19.2. The molecule has 4 N–H and O–H groups in total. The van der Waals surface area contributed by atoms with Gasteiger partial charge in [-0.05, 0) is 152 Å². The van der Waals surface area contributed by atoms with Crippen LogP contribution in [0, 0.1) is 0 Å². The maximum Gasteiger partial charge on any atom is 0.261 e. The molecule has 4 unspecified atom stereocenters. The van der Waals surface area contributed by atoms with Gasteiger partial charge >= 0.3 is 0 Å². The molecule has 2 aliphatic carbocycles. The average molecular weight is 1070 g/mol. The number of hydrogen-bond donors (Lipinski definition) is 4. The molecular weight excluding hydrogens is 1010 g/mol. The highest BCUT2D eigenvalue weighted by Crippen LogP contribution is 2.58. The molecule has 0 heterocycles. The Balaban J connectivity index is 0.000000194. The molecule has 12 heteroatoms. The quantitative estimate of drug-likeness (QED) is 0.0419. The van der Waals surface area contributed by atoms with Gasteiger partial charge in [-0.1, -0.05) is 172 Å². The maximum atomic E-state index is 12.1. The predicted molar refractivity (Wildman–Crippen MR) is 304 cm³/mol. The van der Waals surface area contributed by atoms with Crippen molar-refractivity contribution in [1.29, 1.82) is 0 Å². The summed E-state index contributed by atoms with van der Waals surface area (Å²) in [4.78, 5) is 47.6. The Morgan fingerprint density at radius 3 is 0.787 bits per heavy atom. The van der Waals surface area contributed by atoms with Gasteiger partial charge in [-0.2, -0.15) is 0 Å². The Morgan fingerprint density at radius 1 is 0.362 bits per heavy atom. The molecule has 12 nitrogen and oxygen atoms in total. The first-order valence-corrected chi connectivity index (χ1v) is 25.5. The van der Waals surface area contributed by atoms with Gasteiger partial charge in [0.25, 0.3) is 25.2 Å². The van der Waals surface area contributed by atoms with Crippen LogP contribution in [0.1, 0.15) is 58.4 Å². The van der Waals surface area contributed by atoms with Crippen LogP contribution in [0.15, 0.2) is 244 Å². The molecule has 8 aromatic carbocycles. The van der Waals surface area contributed by atoms with Crippen molar-refractivity contribution in [3.8, 4) is 45.3 Å². The fourth-order valence-corrected chi connectivity index (χ4v) is 10.5. The SMILES string of the molecule is C=C(C)C(=O)C(O)Oc1ccc(C2(c3ccc(OC(O)C(=O)C(=C)C)cc3)c3ccccc3-c3ccccc32)cc1.C=CC(=O)C(O)Oc1ccc(C2(c3ccc(OC(O)C(=O)C=C)cc3)c3ccccc3-c3ccccc32)cc1. The Morgan fingerprint density at radius 2 is 0.575 bits per heavy atom. The molecule has 0 radical (unpaired) electrons. The number of aliphatic hydroxyl groups is 4. The van der Waals surface area contributed by atoms with E-state index in [1.807, 2.05) is 97.1 Å². The third-order valence-corrected chi connectivity index (χ3v) is 14.2. The lowest BCUT2D eigenvalue weighted by atomic mass is 9.68. The fourth-order valence-electron chi connectivity index (χ4n) is 10.5. The highest BCUT2D eigenvalue weighted by atomic mass is 16.6. The summed E-state index contributed by atoms with van der Waals surface area (Å²) in [6.07, 6.45) is -4.52. The van der Waals surface area contributed by atoms with Crippen molar-refractivity contribution < 1.29 is 58.6 Å². The van der Waals surface area contributed by atoms with Crippen molar-refractivity contribution in [3.63, 3.8) is 0 Å². The second-order valence-electron chi connectivity index (χ2n) is 19.2. The molecule has 0 aromatic heterocycles. The van der Waals surface area contributed by atoms with E-state index in [2.05, 4.69) is 74.8 Å². The third-order valence-electron chi connectivity index (χ3n) is 14.2. The van der Waals surface area contributed by atoms with Gasteiger partial charge in [0.1, 0.15) is 23.0 Å². The molecule has 0 bridgehead atoms. The van der Waals surface area contributed by atoms with Gasteiger partial charge in [0, 0.05) is 0 Å². The topological polar surface area (TPSA) is 186 Å². The molecule has 0 spiro atoms. The molecule has 0 fully saturated rings. The smallest absolute Gasteiger partial charge is 0.261 e. The summed E-state index contributed by atoms with van der Waals surface area (Å²) in [5.41, 5.74) is 11.5. The first-order valence-electron chi connectivity index (χ1n) is 25.5. The van der Waals surface area contributed by atoms with Crippen molar-refractivity contribution in [2.24, 2.45) is 0 Å². The van der Waals surface area contributed by atoms with Crippen LogP contribution < -0.4 is 18.9 Å². The standard InChI is InChI=1S/C35H30O6.C33H26O6/c1-21(2)31(36)33(38)40-25-17-13-23(14-18-25)35(24-15-19-26(20-16-24)41-34(39)32(37)22(3)4)29-11-7-5-9-27(29)28-10-6-8-12-30(28)35;1-3-29(34)31(36)38-23-17-13-21(14-18-23)33(22-15-19-24(20-16-22)39-32(37)30(35)4-2)27-11-7-5-9-25(27)26-10-6-8-12-28(26)33/h5-20,33-34,38-39H,1,3H2,2,4H3;3-20,31-32,36-37H,1-2H2. The van der Waals surface area contributed by atoms with Crippen molar-refractivity contribution in [3.05, 3.63) is 288 Å². The van der Waals surface area contributed by atoms with Crippen LogP contribution in [0.25, 0.3) is 22.3 Å². The number of Topliss-reactive ketones (excluding diaryl/α,β-unsaturated/α-hetero) is 2. The second kappa shape index (κ2) is 23.2. The number of benzene rings is 8. The van der Waals surface area contributed by atoms with Crippen LogP contribution in [0.2, 0.25) is 0 Å². The van der Waals surface area contributed by atoms with E-state index in [0.29, 0.717) is 23.0 Å². The molecular formula is C68H56O12. The van der Waals surface area contributed by atoms with Gasteiger partial charge in [-0.25, -0.2) is 0 Å². The van der Waals surface area contributed by atoms with E-state index in [9.17, 15) is 39.6 Å². The molecule has 2 aliphatic rings. The number of fused-ring (bicyclic) bond motifs is 6. The minimum Gasteiger partial charge on any atom is -0.457 e. The zero-order valence-corrected chi connectivity index (χ0v) is 43.8. The van der Waals surface area contributed by atoms with Gasteiger partial charge in [-0.15, -0.1) is 0 Å². The van der Waals surface area contributed by atoms with Crippen LogP contribution in [-0.2, 0) is 30.0 Å². The van der Waals surface area contributed by atoms with Crippen LogP contribution in [0.4, 0.5) is 0 Å². The van der Waals surface area contributed by atoms with Gasteiger partial charge in [-0.3, -0.25) is 19.2 Å². The molecule has 400 valence electrons. The van der Waals surface area contributed by atoms with Crippen molar-refractivity contribution in [2.45, 2.75) is 49.8 Å². The molecule has 4 atom stereocenters. The Hall–Kier alpha value is -9.56. The molecule has 0 amide bonds. The summed E-state index contributed by atoms with van der Waals surface area (Å²) in [6.45, 7) is 16.9. The fraction of sp³-hybridized carbons (Fsp3) is 0.118. The highest BCUT2D eigenvalue weighted by Gasteiger charge is 2.47. The van der Waals surface area contributed by atoms with E-state index in [1.165, 1.54) is 13.8 Å². The number of carbonyl (C=O) groups is 4. The van der Waals surface area contributed by atoms with Crippen LogP contribution in [0.3, 0.4) is 0 Å². The lowest BCUT2D eigenvalue weighted by Crippen LogP contribution is -2.29. The first-order chi connectivity index (χ1) is 38.5. The maximum absolute atomic E-state index is 12.1. The van der Waals surface area contributed by atoms with Gasteiger partial charge < -0.3 is 39.4 Å². The van der Waals surface area contributed by atoms with E-state index >= 15 is 0 Å². The summed E-state index contributed by atoms with van der Waals surface area (Å²) in [6, 6.07) is 62.0. The highest BCUT2D eigenvalue weighted by molar-refractivity contribution is 5.97. The number of aliphatic hydroxyl groups excluding tert-OH is 4. The lowest BCUT2D eigenvalue weighted by Gasteiger charge is -2.34. The largest absolute Gasteiger partial charge is 0.457 e. The zero-order valence-electron chi connectivity index (χ0n) is 43.8. The van der Waals surface area contributed by atoms with Gasteiger partial charge in [0.05, 0.1) is 10.8 Å². The summed E-state index contributed by atoms with van der Waals surface area (Å²) < 4.78 is 21.8. The number of ketones is 4. The molecule has 0 aliphatic heterocycles. The molecule has 0 saturated heterocycles. The van der Waals surface area contributed by atoms with Crippen molar-refractivity contribution in [2.75, 3.05) is 0 Å².